The second-order valence-electron chi connectivity index (χ2n) is 8.90. The van der Waals surface area contributed by atoms with Crippen LogP contribution in [0.3, 0.4) is 0 Å². The molecule has 0 aliphatic rings. The van der Waals surface area contributed by atoms with E-state index in [-0.39, 0.29) is 41.3 Å². The first-order chi connectivity index (χ1) is 19.3. The summed E-state index contributed by atoms with van der Waals surface area (Å²) in [5.41, 5.74) is 2.13. The zero-order valence-corrected chi connectivity index (χ0v) is 22.0. The minimum Gasteiger partial charge on any atom is -0.478 e. The van der Waals surface area contributed by atoms with Crippen molar-refractivity contribution in [3.05, 3.63) is 106 Å². The van der Waals surface area contributed by atoms with Crippen LogP contribution in [0.25, 0.3) is 22.3 Å². The lowest BCUT2D eigenvalue weighted by Crippen LogP contribution is -2.10. The Morgan fingerprint density at radius 2 is 1.90 bits per heavy atom. The molecule has 3 aromatic heterocycles. The third-order valence-corrected chi connectivity index (χ3v) is 6.46. The Morgan fingerprint density at radius 1 is 1.05 bits per heavy atom. The topological polar surface area (TPSA) is 99.4 Å². The van der Waals surface area contributed by atoms with Gasteiger partial charge in [0.05, 0.1) is 39.6 Å². The molecule has 5 rings (SSSR count). The fourth-order valence-corrected chi connectivity index (χ4v) is 4.36. The number of halogens is 3. The van der Waals surface area contributed by atoms with E-state index in [2.05, 4.69) is 15.0 Å². The van der Waals surface area contributed by atoms with Gasteiger partial charge in [-0.3, -0.25) is 4.98 Å². The van der Waals surface area contributed by atoms with E-state index in [0.717, 1.165) is 12.1 Å². The van der Waals surface area contributed by atoms with Gasteiger partial charge < -0.3 is 19.1 Å². The molecule has 0 fully saturated rings. The Hall–Kier alpha value is -4.41. The monoisotopic (exact) mass is 564 g/mol. The van der Waals surface area contributed by atoms with Gasteiger partial charge in [0.25, 0.3) is 0 Å². The third kappa shape index (κ3) is 5.93. The first-order valence-electron chi connectivity index (χ1n) is 12.2. The number of hydrogen-bond donors (Lipinski definition) is 1. The molecule has 0 aliphatic carbocycles. The van der Waals surface area contributed by atoms with Crippen molar-refractivity contribution in [1.82, 2.24) is 19.5 Å². The van der Waals surface area contributed by atoms with Gasteiger partial charge in [-0.15, -0.1) is 0 Å². The molecule has 0 radical (unpaired) electrons. The molecule has 0 saturated carbocycles. The summed E-state index contributed by atoms with van der Waals surface area (Å²) in [6, 6.07) is 15.0. The van der Waals surface area contributed by atoms with Crippen LogP contribution in [-0.4, -0.2) is 44.3 Å². The maximum atomic E-state index is 15.3. The Bertz CT molecular complexity index is 1690. The van der Waals surface area contributed by atoms with Gasteiger partial charge in [-0.1, -0.05) is 17.7 Å². The van der Waals surface area contributed by atoms with Crippen molar-refractivity contribution in [2.45, 2.75) is 19.6 Å². The van der Waals surface area contributed by atoms with Gasteiger partial charge in [-0.2, -0.15) is 0 Å². The average Bonchev–Trinajstić information content (AvgIpc) is 3.29. The fourth-order valence-electron chi connectivity index (χ4n) is 4.25. The number of ether oxygens (including phenoxy) is 2. The van der Waals surface area contributed by atoms with Gasteiger partial charge in [0, 0.05) is 37.9 Å². The van der Waals surface area contributed by atoms with E-state index < -0.39 is 17.6 Å². The van der Waals surface area contributed by atoms with Crippen molar-refractivity contribution < 1.29 is 28.2 Å². The zero-order valence-electron chi connectivity index (χ0n) is 21.3. The lowest BCUT2D eigenvalue weighted by molar-refractivity contribution is 0.0697. The van der Waals surface area contributed by atoms with Crippen LogP contribution in [0.15, 0.2) is 66.9 Å². The molecular formula is C29H23ClF2N4O4. The van der Waals surface area contributed by atoms with Crippen molar-refractivity contribution in [2.75, 3.05) is 13.7 Å². The smallest absolute Gasteiger partial charge is 0.335 e. The SMILES string of the molecule is COCCn1c(Cc2cc(F)c(-c3cccc(OCc4ccc(Cl)cn4)n3)cc2F)nc2ccc(C(=O)O)cc21. The first-order valence-corrected chi connectivity index (χ1v) is 12.6. The highest BCUT2D eigenvalue weighted by Gasteiger charge is 2.18. The molecule has 0 spiro atoms. The quantitative estimate of drug-likeness (QED) is 0.224. The van der Waals surface area contributed by atoms with Crippen LogP contribution in [0.5, 0.6) is 5.88 Å². The summed E-state index contributed by atoms with van der Waals surface area (Å²) in [7, 11) is 1.54. The van der Waals surface area contributed by atoms with Crippen molar-refractivity contribution >= 4 is 28.6 Å². The second-order valence-corrected chi connectivity index (χ2v) is 9.34. The Labute approximate surface area is 232 Å². The van der Waals surface area contributed by atoms with Crippen LogP contribution < -0.4 is 4.74 Å². The molecule has 1 N–H and O–H groups in total. The highest BCUT2D eigenvalue weighted by atomic mass is 35.5. The number of benzene rings is 2. The lowest BCUT2D eigenvalue weighted by Gasteiger charge is -2.12. The van der Waals surface area contributed by atoms with E-state index in [4.69, 9.17) is 21.1 Å². The number of pyridine rings is 2. The maximum Gasteiger partial charge on any atom is 0.335 e. The van der Waals surface area contributed by atoms with Crippen LogP contribution >= 0.6 is 11.6 Å². The Morgan fingerprint density at radius 3 is 2.65 bits per heavy atom. The van der Waals surface area contributed by atoms with Crippen LogP contribution in [0, 0.1) is 11.6 Å². The molecule has 2 aromatic carbocycles. The number of carboxylic acid groups (broad SMARTS) is 1. The summed E-state index contributed by atoms with van der Waals surface area (Å²) in [5.74, 6) is -1.69. The summed E-state index contributed by atoms with van der Waals surface area (Å²) in [5, 5.41) is 9.89. The number of nitrogens with zero attached hydrogens (tertiary/aromatic N) is 4. The minimum atomic E-state index is -1.07. The number of imidazole rings is 1. The van der Waals surface area contributed by atoms with E-state index in [1.807, 2.05) is 0 Å². The molecule has 5 aromatic rings. The average molecular weight is 565 g/mol. The number of aromatic nitrogens is 4. The standard InChI is InChI=1S/C29H23ClF2N4O4/c1-39-10-9-36-26-12-17(29(37)38)5-8-25(26)34-27(36)13-18-11-23(32)21(14-22(18)31)24-3-2-4-28(35-24)40-16-20-7-6-19(30)15-33-20/h2-8,11-12,14-15H,9-10,13,16H2,1H3,(H,37,38). The summed E-state index contributed by atoms with van der Waals surface area (Å²) in [4.78, 5) is 24.5. The number of hydrogen-bond acceptors (Lipinski definition) is 6. The van der Waals surface area contributed by atoms with Crippen molar-refractivity contribution in [2.24, 2.45) is 0 Å². The summed E-state index contributed by atoms with van der Waals surface area (Å²) in [6.45, 7) is 0.807. The normalized spacial score (nSPS) is 11.2. The molecule has 0 saturated heterocycles. The zero-order chi connectivity index (χ0) is 28.2. The lowest BCUT2D eigenvalue weighted by atomic mass is 10.0. The molecular weight excluding hydrogens is 542 g/mol. The maximum absolute atomic E-state index is 15.3. The number of rotatable bonds is 10. The van der Waals surface area contributed by atoms with Gasteiger partial charge in [0.1, 0.15) is 24.1 Å². The van der Waals surface area contributed by atoms with Crippen LogP contribution in [0.2, 0.25) is 5.02 Å². The molecule has 3 heterocycles. The fraction of sp³-hybridized carbons (Fsp3) is 0.172. The molecule has 0 bridgehead atoms. The summed E-state index contributed by atoms with van der Waals surface area (Å²) < 4.78 is 43.3. The van der Waals surface area contributed by atoms with Gasteiger partial charge in [-0.25, -0.2) is 23.5 Å². The number of carbonyl (C=O) groups is 1. The molecule has 0 amide bonds. The molecule has 0 unspecified atom stereocenters. The molecule has 204 valence electrons. The van der Waals surface area contributed by atoms with Gasteiger partial charge in [0.2, 0.25) is 5.88 Å². The van der Waals surface area contributed by atoms with Crippen molar-refractivity contribution in [1.29, 1.82) is 0 Å². The number of aromatic carboxylic acids is 1. The molecule has 11 heteroatoms. The van der Waals surface area contributed by atoms with Gasteiger partial charge in [0.15, 0.2) is 0 Å². The molecule has 40 heavy (non-hydrogen) atoms. The summed E-state index contributed by atoms with van der Waals surface area (Å²) in [6.07, 6.45) is 1.48. The molecule has 8 nitrogen and oxygen atoms in total. The predicted octanol–water partition coefficient (Wildman–Crippen LogP) is 5.94. The van der Waals surface area contributed by atoms with Crippen molar-refractivity contribution in [3.8, 4) is 17.1 Å². The number of methoxy groups -OCH3 is 1. The van der Waals surface area contributed by atoms with E-state index >= 15 is 8.78 Å². The highest BCUT2D eigenvalue weighted by Crippen LogP contribution is 2.28. The van der Waals surface area contributed by atoms with Crippen LogP contribution in [0.4, 0.5) is 8.78 Å². The Balaban J connectivity index is 1.41. The van der Waals surface area contributed by atoms with E-state index in [9.17, 15) is 9.90 Å². The van der Waals surface area contributed by atoms with Gasteiger partial charge >= 0.3 is 5.97 Å². The Kier molecular flexibility index (Phi) is 7.99. The largest absolute Gasteiger partial charge is 0.478 e. The van der Waals surface area contributed by atoms with E-state index in [1.54, 1.807) is 41.0 Å². The van der Waals surface area contributed by atoms with Crippen LogP contribution in [0.1, 0.15) is 27.4 Å². The third-order valence-electron chi connectivity index (χ3n) is 6.23. The minimum absolute atomic E-state index is 0.0182. The number of fused-ring (bicyclic) bond motifs is 1. The van der Waals surface area contributed by atoms with Crippen LogP contribution in [-0.2, 0) is 24.3 Å². The molecule has 0 aliphatic heterocycles. The van der Waals surface area contributed by atoms with Crippen molar-refractivity contribution in [3.63, 3.8) is 0 Å². The second kappa shape index (κ2) is 11.8. The van der Waals surface area contributed by atoms with E-state index in [1.165, 1.54) is 25.4 Å². The van der Waals surface area contributed by atoms with E-state index in [0.29, 0.717) is 40.7 Å². The highest BCUT2D eigenvalue weighted by molar-refractivity contribution is 6.30. The predicted molar refractivity (Wildman–Crippen MR) is 145 cm³/mol. The van der Waals surface area contributed by atoms with Gasteiger partial charge in [-0.05, 0) is 54.1 Å². The number of carboxylic acids is 1. The summed E-state index contributed by atoms with van der Waals surface area (Å²) >= 11 is 5.85. The first kappa shape index (κ1) is 27.2. The molecule has 0 atom stereocenters.